The van der Waals surface area contributed by atoms with Gasteiger partial charge in [-0.05, 0) is 42.5 Å². The van der Waals surface area contributed by atoms with Gasteiger partial charge in [-0.25, -0.2) is 17.8 Å². The molecule has 1 N–H and O–H groups in total. The minimum absolute atomic E-state index is 0.0322. The molecule has 1 heterocycles. The van der Waals surface area contributed by atoms with Crippen molar-refractivity contribution in [1.29, 1.82) is 0 Å². The quantitative estimate of drug-likeness (QED) is 0.529. The molecule has 0 saturated heterocycles. The fourth-order valence-electron chi connectivity index (χ4n) is 2.69. The van der Waals surface area contributed by atoms with Crippen molar-refractivity contribution in [1.82, 2.24) is 14.5 Å². The van der Waals surface area contributed by atoms with E-state index in [2.05, 4.69) is 9.82 Å². The van der Waals surface area contributed by atoms with Gasteiger partial charge in [0.2, 0.25) is 10.0 Å². The number of methoxy groups -OCH3 is 1. The minimum atomic E-state index is -3.54. The van der Waals surface area contributed by atoms with E-state index in [-0.39, 0.29) is 31.0 Å². The highest BCUT2D eigenvalue weighted by atomic mass is 32.2. The number of benzene rings is 2. The third-order valence-electron chi connectivity index (χ3n) is 4.26. The van der Waals surface area contributed by atoms with Gasteiger partial charge in [-0.3, -0.25) is 4.79 Å². The number of hydrogen-bond acceptors (Lipinski definition) is 6. The minimum Gasteiger partial charge on any atom is -0.497 e. The normalized spacial score (nSPS) is 11.2. The summed E-state index contributed by atoms with van der Waals surface area (Å²) in [6, 6.07) is 19.3. The summed E-state index contributed by atoms with van der Waals surface area (Å²) in [5, 5.41) is 4.32. The lowest BCUT2D eigenvalue weighted by Crippen LogP contribution is -2.34. The first kappa shape index (κ1) is 21.5. The molecule has 0 unspecified atom stereocenters. The van der Waals surface area contributed by atoms with E-state index >= 15 is 0 Å². The lowest BCUT2D eigenvalue weighted by atomic mass is 10.1. The summed E-state index contributed by atoms with van der Waals surface area (Å²) < 4.78 is 38.5. The fourth-order valence-corrected chi connectivity index (χ4v) is 3.54. The highest BCUT2D eigenvalue weighted by Gasteiger charge is 2.11. The number of para-hydroxylation sites is 1. The predicted octanol–water partition coefficient (Wildman–Crippen LogP) is 1.92. The van der Waals surface area contributed by atoms with Crippen molar-refractivity contribution in [3.63, 3.8) is 0 Å². The Morgan fingerprint density at radius 1 is 0.967 bits per heavy atom. The number of ether oxygens (including phenoxy) is 2. The van der Waals surface area contributed by atoms with Gasteiger partial charge in [0.15, 0.2) is 0 Å². The first-order valence-electron chi connectivity index (χ1n) is 9.35. The number of rotatable bonds is 10. The molecule has 0 radical (unpaired) electrons. The molecule has 0 atom stereocenters. The Balaban J connectivity index is 1.55. The summed E-state index contributed by atoms with van der Waals surface area (Å²) in [4.78, 5) is 12.1. The van der Waals surface area contributed by atoms with E-state index in [1.54, 1.807) is 37.4 Å². The molecular weight excluding hydrogens is 406 g/mol. The van der Waals surface area contributed by atoms with E-state index in [1.807, 2.05) is 30.3 Å². The van der Waals surface area contributed by atoms with Crippen molar-refractivity contribution < 1.29 is 17.9 Å². The van der Waals surface area contributed by atoms with Crippen LogP contribution < -0.4 is 19.8 Å². The number of nitrogens with zero attached hydrogens (tertiary/aromatic N) is 2. The summed E-state index contributed by atoms with van der Waals surface area (Å²) in [6.07, 6.45) is 0. The van der Waals surface area contributed by atoms with Crippen LogP contribution in [-0.2, 0) is 16.6 Å². The van der Waals surface area contributed by atoms with Crippen LogP contribution in [0.5, 0.6) is 11.5 Å². The number of nitrogens with one attached hydrogen (secondary N) is 1. The molecule has 8 nitrogen and oxygen atoms in total. The van der Waals surface area contributed by atoms with Crippen LogP contribution >= 0.6 is 0 Å². The molecule has 3 aromatic rings. The molecule has 0 bridgehead atoms. The van der Waals surface area contributed by atoms with Crippen molar-refractivity contribution in [2.45, 2.75) is 6.54 Å². The topological polar surface area (TPSA) is 99.5 Å². The van der Waals surface area contributed by atoms with Crippen molar-refractivity contribution >= 4 is 10.0 Å². The standard InChI is InChI=1S/C21H23N3O5S/c1-28-18-9-7-17(8-10-18)20-11-12-21(25)24(23-20)14-13-22-30(26,27)16-15-29-19-5-3-2-4-6-19/h2-12,22H,13-16H2,1H3. The Hall–Kier alpha value is -3.17. The van der Waals surface area contributed by atoms with Crippen molar-refractivity contribution in [3.8, 4) is 22.8 Å². The largest absolute Gasteiger partial charge is 0.497 e. The van der Waals surface area contributed by atoms with Crippen LogP contribution in [0.2, 0.25) is 0 Å². The lowest BCUT2D eigenvalue weighted by Gasteiger charge is -2.10. The first-order chi connectivity index (χ1) is 14.5. The molecule has 1 aromatic heterocycles. The van der Waals surface area contributed by atoms with E-state index in [1.165, 1.54) is 10.7 Å². The Labute approximate surface area is 175 Å². The molecule has 0 aliphatic rings. The third kappa shape index (κ3) is 6.16. The van der Waals surface area contributed by atoms with E-state index < -0.39 is 10.0 Å². The summed E-state index contributed by atoms with van der Waals surface area (Å²) >= 11 is 0. The van der Waals surface area contributed by atoms with Gasteiger partial charge in [-0.2, -0.15) is 5.10 Å². The van der Waals surface area contributed by atoms with Gasteiger partial charge in [-0.15, -0.1) is 0 Å². The van der Waals surface area contributed by atoms with Crippen LogP contribution in [0.25, 0.3) is 11.3 Å². The maximum atomic E-state index is 12.1. The molecule has 0 aliphatic heterocycles. The zero-order valence-corrected chi connectivity index (χ0v) is 17.3. The van der Waals surface area contributed by atoms with Crippen molar-refractivity contribution in [2.75, 3.05) is 26.0 Å². The summed E-state index contributed by atoms with van der Waals surface area (Å²) in [7, 11) is -1.95. The molecule has 0 aliphatic carbocycles. The maximum absolute atomic E-state index is 12.1. The second-order valence-corrected chi connectivity index (χ2v) is 8.31. The van der Waals surface area contributed by atoms with E-state index in [0.717, 1.165) is 11.3 Å². The second kappa shape index (κ2) is 10.0. The Bertz CT molecular complexity index is 1110. The molecule has 3 rings (SSSR count). The van der Waals surface area contributed by atoms with Gasteiger partial charge < -0.3 is 9.47 Å². The van der Waals surface area contributed by atoms with Crippen LogP contribution in [0.3, 0.4) is 0 Å². The molecular formula is C21H23N3O5S. The molecule has 0 fully saturated rings. The lowest BCUT2D eigenvalue weighted by molar-refractivity contribution is 0.340. The van der Waals surface area contributed by atoms with Crippen LogP contribution in [0, 0.1) is 0 Å². The van der Waals surface area contributed by atoms with Crippen LogP contribution in [0.4, 0.5) is 0 Å². The highest BCUT2D eigenvalue weighted by molar-refractivity contribution is 7.89. The molecule has 0 spiro atoms. The van der Waals surface area contributed by atoms with Crippen LogP contribution in [0.1, 0.15) is 0 Å². The van der Waals surface area contributed by atoms with Crippen LogP contribution in [-0.4, -0.2) is 44.2 Å². The SMILES string of the molecule is COc1ccc(-c2ccc(=O)n(CCNS(=O)(=O)CCOc3ccccc3)n2)cc1. The highest BCUT2D eigenvalue weighted by Crippen LogP contribution is 2.19. The number of sulfonamides is 1. The van der Waals surface area contributed by atoms with Gasteiger partial charge in [0.05, 0.1) is 25.1 Å². The maximum Gasteiger partial charge on any atom is 0.266 e. The van der Waals surface area contributed by atoms with Gasteiger partial charge in [0.25, 0.3) is 5.56 Å². The molecule has 2 aromatic carbocycles. The predicted molar refractivity (Wildman–Crippen MR) is 114 cm³/mol. The molecule has 0 amide bonds. The average molecular weight is 429 g/mol. The molecule has 0 saturated carbocycles. The Morgan fingerprint density at radius 3 is 2.40 bits per heavy atom. The number of aromatic nitrogens is 2. The third-order valence-corrected chi connectivity index (χ3v) is 5.61. The van der Waals surface area contributed by atoms with E-state index in [9.17, 15) is 13.2 Å². The second-order valence-electron chi connectivity index (χ2n) is 6.38. The summed E-state index contributed by atoms with van der Waals surface area (Å²) in [5.74, 6) is 1.15. The first-order valence-corrected chi connectivity index (χ1v) is 11.0. The van der Waals surface area contributed by atoms with Crippen molar-refractivity contribution in [3.05, 3.63) is 77.1 Å². The zero-order chi connectivity index (χ0) is 21.4. The Kier molecular flexibility index (Phi) is 7.21. The summed E-state index contributed by atoms with van der Waals surface area (Å²) in [5.41, 5.74) is 1.12. The van der Waals surface area contributed by atoms with Gasteiger partial charge >= 0.3 is 0 Å². The van der Waals surface area contributed by atoms with Crippen molar-refractivity contribution in [2.24, 2.45) is 0 Å². The average Bonchev–Trinajstić information content (AvgIpc) is 2.76. The molecule has 158 valence electrons. The van der Waals surface area contributed by atoms with Crippen LogP contribution in [0.15, 0.2) is 71.5 Å². The molecule has 30 heavy (non-hydrogen) atoms. The number of hydrogen-bond donors (Lipinski definition) is 1. The van der Waals surface area contributed by atoms with Gasteiger partial charge in [0, 0.05) is 18.2 Å². The van der Waals surface area contributed by atoms with E-state index in [0.29, 0.717) is 11.4 Å². The molecule has 9 heteroatoms. The van der Waals surface area contributed by atoms with Gasteiger partial charge in [-0.1, -0.05) is 18.2 Å². The monoisotopic (exact) mass is 429 g/mol. The fraction of sp³-hybridized carbons (Fsp3) is 0.238. The summed E-state index contributed by atoms with van der Waals surface area (Å²) in [6.45, 7) is 0.193. The Morgan fingerprint density at radius 2 is 1.70 bits per heavy atom. The zero-order valence-electron chi connectivity index (χ0n) is 16.5. The van der Waals surface area contributed by atoms with E-state index in [4.69, 9.17) is 9.47 Å². The van der Waals surface area contributed by atoms with Gasteiger partial charge in [0.1, 0.15) is 18.1 Å². The smallest absolute Gasteiger partial charge is 0.266 e.